The highest BCUT2D eigenvalue weighted by molar-refractivity contribution is 6.31. The maximum Gasteiger partial charge on any atom is 0.257 e. The fourth-order valence-electron chi connectivity index (χ4n) is 2.58. The predicted molar refractivity (Wildman–Crippen MR) is 92.3 cm³/mol. The van der Waals surface area contributed by atoms with Gasteiger partial charge >= 0.3 is 0 Å². The van der Waals surface area contributed by atoms with E-state index in [0.29, 0.717) is 21.6 Å². The Morgan fingerprint density at radius 2 is 1.96 bits per heavy atom. The molecular formula is C18H14ClFN2O2. The van der Waals surface area contributed by atoms with E-state index < -0.39 is 11.7 Å². The first kappa shape index (κ1) is 16.2. The van der Waals surface area contributed by atoms with Crippen LogP contribution in [-0.2, 0) is 0 Å². The lowest BCUT2D eigenvalue weighted by molar-refractivity contribution is 0.0941. The summed E-state index contributed by atoms with van der Waals surface area (Å²) in [6, 6.07) is 9.16. The number of aromatic nitrogens is 1. The van der Waals surface area contributed by atoms with E-state index in [-0.39, 0.29) is 11.5 Å². The molecule has 0 aliphatic heterocycles. The summed E-state index contributed by atoms with van der Waals surface area (Å²) in [5.74, 6) is -1.17. The molecule has 0 saturated heterocycles. The Kier molecular flexibility index (Phi) is 4.11. The van der Waals surface area contributed by atoms with Crippen molar-refractivity contribution in [2.75, 3.05) is 5.32 Å². The molecule has 1 N–H and O–H groups in total. The van der Waals surface area contributed by atoms with Gasteiger partial charge in [-0.05, 0) is 42.8 Å². The average Bonchev–Trinajstić information content (AvgIpc) is 2.90. The Morgan fingerprint density at radius 3 is 2.67 bits per heavy atom. The normalized spacial score (nSPS) is 10.8. The number of hydrogen-bond acceptors (Lipinski definition) is 2. The molecule has 2 aromatic carbocycles. The summed E-state index contributed by atoms with van der Waals surface area (Å²) < 4.78 is 14.9. The summed E-state index contributed by atoms with van der Waals surface area (Å²) in [6.07, 6.45) is 1.42. The number of halogens is 2. The second-order valence-corrected chi connectivity index (χ2v) is 5.87. The van der Waals surface area contributed by atoms with Crippen molar-refractivity contribution in [3.05, 3.63) is 64.6 Å². The van der Waals surface area contributed by atoms with Crippen molar-refractivity contribution in [2.45, 2.75) is 13.8 Å². The molecule has 0 aliphatic carbocycles. The molecule has 0 fully saturated rings. The quantitative estimate of drug-likeness (QED) is 0.735. The van der Waals surface area contributed by atoms with Gasteiger partial charge in [0.25, 0.3) is 5.91 Å². The molecule has 4 nitrogen and oxygen atoms in total. The van der Waals surface area contributed by atoms with Crippen LogP contribution in [0.15, 0.2) is 42.6 Å². The van der Waals surface area contributed by atoms with Crippen LogP contribution >= 0.6 is 11.6 Å². The minimum atomic E-state index is -0.475. The minimum Gasteiger partial charge on any atom is -0.322 e. The van der Waals surface area contributed by atoms with E-state index >= 15 is 0 Å². The highest BCUT2D eigenvalue weighted by atomic mass is 35.5. The minimum absolute atomic E-state index is 0.221. The van der Waals surface area contributed by atoms with Gasteiger partial charge < -0.3 is 5.32 Å². The van der Waals surface area contributed by atoms with E-state index in [0.717, 1.165) is 5.56 Å². The lowest BCUT2D eigenvalue weighted by Crippen LogP contribution is -2.13. The van der Waals surface area contributed by atoms with Crippen LogP contribution in [0.1, 0.15) is 27.6 Å². The number of hydrogen-bond donors (Lipinski definition) is 1. The van der Waals surface area contributed by atoms with E-state index in [2.05, 4.69) is 5.32 Å². The standard InChI is InChI=1S/C18H14ClFN2O2/c1-10-15(19)4-3-5-16(10)21-18(24)14-9-22(11(2)23)17-7-6-12(20)8-13(14)17/h3-9H,1-2H3,(H,21,24). The first-order chi connectivity index (χ1) is 11.4. The van der Waals surface area contributed by atoms with Crippen molar-refractivity contribution in [1.29, 1.82) is 0 Å². The van der Waals surface area contributed by atoms with E-state index in [4.69, 9.17) is 11.6 Å². The monoisotopic (exact) mass is 344 g/mol. The number of nitrogens with zero attached hydrogens (tertiary/aromatic N) is 1. The highest BCUT2D eigenvalue weighted by Gasteiger charge is 2.18. The molecule has 1 heterocycles. The molecule has 0 unspecified atom stereocenters. The van der Waals surface area contributed by atoms with Gasteiger partial charge in [0.05, 0.1) is 11.1 Å². The number of benzene rings is 2. The first-order valence-electron chi connectivity index (χ1n) is 7.26. The highest BCUT2D eigenvalue weighted by Crippen LogP contribution is 2.26. The molecule has 3 rings (SSSR count). The van der Waals surface area contributed by atoms with Crippen LogP contribution in [0.5, 0.6) is 0 Å². The van der Waals surface area contributed by atoms with Crippen LogP contribution in [0, 0.1) is 12.7 Å². The largest absolute Gasteiger partial charge is 0.322 e. The summed E-state index contributed by atoms with van der Waals surface area (Å²) in [5, 5.41) is 3.67. The number of amides is 1. The van der Waals surface area contributed by atoms with Crippen LogP contribution in [0.4, 0.5) is 10.1 Å². The molecule has 24 heavy (non-hydrogen) atoms. The maximum absolute atomic E-state index is 13.6. The molecule has 122 valence electrons. The average molecular weight is 345 g/mol. The lowest BCUT2D eigenvalue weighted by Gasteiger charge is -2.09. The van der Waals surface area contributed by atoms with Gasteiger partial charge in [-0.1, -0.05) is 17.7 Å². The van der Waals surface area contributed by atoms with Gasteiger partial charge in [0, 0.05) is 29.2 Å². The molecule has 0 aliphatic rings. The van der Waals surface area contributed by atoms with Crippen molar-refractivity contribution in [3.63, 3.8) is 0 Å². The smallest absolute Gasteiger partial charge is 0.257 e. The van der Waals surface area contributed by atoms with Gasteiger partial charge in [0.1, 0.15) is 5.82 Å². The molecule has 3 aromatic rings. The SMILES string of the molecule is CC(=O)n1cc(C(=O)Nc2cccc(Cl)c2C)c2cc(F)ccc21. The Bertz CT molecular complexity index is 979. The van der Waals surface area contributed by atoms with Gasteiger partial charge in [0.15, 0.2) is 0 Å². The third-order valence-corrected chi connectivity index (χ3v) is 4.28. The van der Waals surface area contributed by atoms with Crippen molar-refractivity contribution in [2.24, 2.45) is 0 Å². The number of nitrogens with one attached hydrogen (secondary N) is 1. The van der Waals surface area contributed by atoms with E-state index in [1.54, 1.807) is 25.1 Å². The maximum atomic E-state index is 13.6. The second kappa shape index (κ2) is 6.09. The lowest BCUT2D eigenvalue weighted by atomic mass is 10.1. The number of fused-ring (bicyclic) bond motifs is 1. The Hall–Kier alpha value is -2.66. The van der Waals surface area contributed by atoms with Crippen LogP contribution in [-0.4, -0.2) is 16.4 Å². The van der Waals surface area contributed by atoms with Crippen LogP contribution in [0.3, 0.4) is 0 Å². The molecule has 0 saturated carbocycles. The van der Waals surface area contributed by atoms with Crippen LogP contribution < -0.4 is 5.32 Å². The summed E-state index contributed by atoms with van der Waals surface area (Å²) in [5.41, 5.74) is 2.00. The second-order valence-electron chi connectivity index (χ2n) is 5.46. The van der Waals surface area contributed by atoms with Gasteiger partial charge in [-0.3, -0.25) is 14.2 Å². The van der Waals surface area contributed by atoms with Gasteiger partial charge in [-0.25, -0.2) is 4.39 Å². The zero-order valence-electron chi connectivity index (χ0n) is 13.1. The summed E-state index contributed by atoms with van der Waals surface area (Å²) in [4.78, 5) is 24.4. The van der Waals surface area contributed by atoms with E-state index in [1.807, 2.05) is 0 Å². The summed E-state index contributed by atoms with van der Waals surface area (Å²) in [7, 11) is 0. The molecule has 0 bridgehead atoms. The molecule has 0 spiro atoms. The Labute approximate surface area is 142 Å². The van der Waals surface area contributed by atoms with Gasteiger partial charge in [0.2, 0.25) is 5.91 Å². The predicted octanol–water partition coefficient (Wildman–Crippen LogP) is 4.65. The number of rotatable bonds is 2. The van der Waals surface area contributed by atoms with Gasteiger partial charge in [-0.15, -0.1) is 0 Å². The van der Waals surface area contributed by atoms with Crippen molar-refractivity contribution < 1.29 is 14.0 Å². The van der Waals surface area contributed by atoms with E-state index in [1.165, 1.54) is 35.9 Å². The zero-order chi connectivity index (χ0) is 17.4. The van der Waals surface area contributed by atoms with Crippen molar-refractivity contribution >= 4 is 40.0 Å². The Morgan fingerprint density at radius 1 is 1.21 bits per heavy atom. The molecule has 6 heteroatoms. The molecular weight excluding hydrogens is 331 g/mol. The van der Waals surface area contributed by atoms with Crippen LogP contribution in [0.25, 0.3) is 10.9 Å². The number of carbonyl (C=O) groups is 2. The third-order valence-electron chi connectivity index (χ3n) is 3.87. The molecule has 1 aromatic heterocycles. The van der Waals surface area contributed by atoms with Crippen molar-refractivity contribution in [3.8, 4) is 0 Å². The van der Waals surface area contributed by atoms with Crippen molar-refractivity contribution in [1.82, 2.24) is 4.57 Å². The van der Waals surface area contributed by atoms with Gasteiger partial charge in [-0.2, -0.15) is 0 Å². The fourth-order valence-corrected chi connectivity index (χ4v) is 2.75. The molecule has 1 amide bonds. The number of anilines is 1. The topological polar surface area (TPSA) is 51.1 Å². The third kappa shape index (κ3) is 2.78. The fraction of sp³-hybridized carbons (Fsp3) is 0.111. The zero-order valence-corrected chi connectivity index (χ0v) is 13.8. The van der Waals surface area contributed by atoms with Crippen LogP contribution in [0.2, 0.25) is 5.02 Å². The number of carbonyl (C=O) groups excluding carboxylic acids is 2. The molecule has 0 radical (unpaired) electrons. The first-order valence-corrected chi connectivity index (χ1v) is 7.64. The summed E-state index contributed by atoms with van der Waals surface area (Å²) in [6.45, 7) is 3.17. The Balaban J connectivity index is 2.08. The van der Waals surface area contributed by atoms with E-state index in [9.17, 15) is 14.0 Å². The summed E-state index contributed by atoms with van der Waals surface area (Å²) >= 11 is 6.06. The molecule has 0 atom stereocenters.